The minimum atomic E-state index is -0.773. The van der Waals surface area contributed by atoms with Crippen molar-refractivity contribution in [1.82, 2.24) is 0 Å². The molecule has 0 aliphatic carbocycles. The van der Waals surface area contributed by atoms with Crippen LogP contribution in [0.15, 0.2) is 57.7 Å². The molecule has 5 nitrogen and oxygen atoms in total. The Morgan fingerprint density at radius 3 is 2.59 bits per heavy atom. The summed E-state index contributed by atoms with van der Waals surface area (Å²) in [5.74, 6) is -0.356. The van der Waals surface area contributed by atoms with Gasteiger partial charge in [-0.15, -0.1) is 0 Å². The largest absolute Gasteiger partial charge is 0.507 e. The molecule has 0 bridgehead atoms. The van der Waals surface area contributed by atoms with Crippen molar-refractivity contribution >= 4 is 16.8 Å². The highest BCUT2D eigenvalue weighted by molar-refractivity contribution is 6.11. The highest BCUT2D eigenvalue weighted by Crippen LogP contribution is 2.26. The Labute approximate surface area is 125 Å². The molecule has 0 saturated carbocycles. The van der Waals surface area contributed by atoms with Gasteiger partial charge in [0, 0.05) is 5.39 Å². The number of carbonyl (C=O) groups excluding carboxylic acids is 1. The number of para-hydroxylation sites is 2. The van der Waals surface area contributed by atoms with Crippen molar-refractivity contribution in [3.05, 3.63) is 70.1 Å². The van der Waals surface area contributed by atoms with Crippen LogP contribution in [0, 0.1) is 0 Å². The van der Waals surface area contributed by atoms with Gasteiger partial charge in [0.1, 0.15) is 11.3 Å². The standard InChI is InChI=1S/C17H12O5/c1-21-14-8-4-5-10-9-12(17(20)22-16(10)14)15(19)11-6-2-3-7-13(11)18/h2-9,18H,1H3. The van der Waals surface area contributed by atoms with Crippen LogP contribution in [-0.4, -0.2) is 18.0 Å². The molecule has 5 heteroatoms. The first-order valence-corrected chi connectivity index (χ1v) is 6.55. The maximum absolute atomic E-state index is 12.4. The van der Waals surface area contributed by atoms with Gasteiger partial charge in [0.2, 0.25) is 5.78 Å². The van der Waals surface area contributed by atoms with Crippen LogP contribution in [0.2, 0.25) is 0 Å². The predicted octanol–water partition coefficient (Wildman–Crippen LogP) is 2.74. The SMILES string of the molecule is COc1cccc2cc(C(=O)c3ccccc3O)c(=O)oc12. The molecule has 3 rings (SSSR count). The number of methoxy groups -OCH3 is 1. The fourth-order valence-corrected chi connectivity index (χ4v) is 2.25. The van der Waals surface area contributed by atoms with Gasteiger partial charge in [0.15, 0.2) is 11.3 Å². The molecule has 110 valence electrons. The lowest BCUT2D eigenvalue weighted by atomic mass is 10.0. The van der Waals surface area contributed by atoms with Gasteiger partial charge in [-0.2, -0.15) is 0 Å². The Morgan fingerprint density at radius 1 is 1.09 bits per heavy atom. The minimum Gasteiger partial charge on any atom is -0.507 e. The summed E-state index contributed by atoms with van der Waals surface area (Å²) in [6.45, 7) is 0. The van der Waals surface area contributed by atoms with Crippen LogP contribution >= 0.6 is 0 Å². The Bertz CT molecular complexity index is 924. The predicted molar refractivity (Wildman–Crippen MR) is 80.6 cm³/mol. The number of hydrogen-bond acceptors (Lipinski definition) is 5. The van der Waals surface area contributed by atoms with Gasteiger partial charge in [0.25, 0.3) is 0 Å². The molecule has 0 fully saturated rings. The van der Waals surface area contributed by atoms with Crippen LogP contribution in [0.3, 0.4) is 0 Å². The molecule has 1 heterocycles. The lowest BCUT2D eigenvalue weighted by Gasteiger charge is -2.06. The second-order valence-corrected chi connectivity index (χ2v) is 4.67. The second-order valence-electron chi connectivity index (χ2n) is 4.67. The highest BCUT2D eigenvalue weighted by atomic mass is 16.5. The lowest BCUT2D eigenvalue weighted by Crippen LogP contribution is -2.15. The molecule has 2 aromatic carbocycles. The average Bonchev–Trinajstić information content (AvgIpc) is 2.53. The van der Waals surface area contributed by atoms with Crippen molar-refractivity contribution < 1.29 is 19.1 Å². The third-order valence-corrected chi connectivity index (χ3v) is 3.34. The van der Waals surface area contributed by atoms with E-state index in [1.807, 2.05) is 0 Å². The molecule has 0 saturated heterocycles. The number of ether oxygens (including phenoxy) is 1. The van der Waals surface area contributed by atoms with Crippen LogP contribution in [-0.2, 0) is 0 Å². The number of fused-ring (bicyclic) bond motifs is 1. The Hall–Kier alpha value is -3.08. The Balaban J connectivity index is 2.20. The van der Waals surface area contributed by atoms with Gasteiger partial charge in [-0.25, -0.2) is 4.79 Å². The highest BCUT2D eigenvalue weighted by Gasteiger charge is 2.19. The minimum absolute atomic E-state index is 0.0528. The Kier molecular flexibility index (Phi) is 3.39. The molecule has 0 atom stereocenters. The van der Waals surface area contributed by atoms with Gasteiger partial charge in [-0.05, 0) is 24.3 Å². The van der Waals surface area contributed by atoms with Gasteiger partial charge in [0.05, 0.1) is 12.7 Å². The number of hydrogen-bond donors (Lipinski definition) is 1. The molecule has 0 spiro atoms. The van der Waals surface area contributed by atoms with E-state index in [9.17, 15) is 14.7 Å². The zero-order chi connectivity index (χ0) is 15.7. The monoisotopic (exact) mass is 296 g/mol. The van der Waals surface area contributed by atoms with Gasteiger partial charge < -0.3 is 14.3 Å². The van der Waals surface area contributed by atoms with Crippen molar-refractivity contribution in [1.29, 1.82) is 0 Å². The van der Waals surface area contributed by atoms with E-state index < -0.39 is 11.4 Å². The zero-order valence-corrected chi connectivity index (χ0v) is 11.7. The van der Waals surface area contributed by atoms with Crippen molar-refractivity contribution in [3.8, 4) is 11.5 Å². The Morgan fingerprint density at radius 2 is 1.86 bits per heavy atom. The van der Waals surface area contributed by atoms with E-state index in [0.717, 1.165) is 0 Å². The van der Waals surface area contributed by atoms with Crippen LogP contribution in [0.25, 0.3) is 11.0 Å². The molecular weight excluding hydrogens is 284 g/mol. The first kappa shape index (κ1) is 13.9. The first-order valence-electron chi connectivity index (χ1n) is 6.55. The molecule has 0 radical (unpaired) electrons. The summed E-state index contributed by atoms with van der Waals surface area (Å²) in [6.07, 6.45) is 0. The van der Waals surface area contributed by atoms with Crippen LogP contribution in [0.4, 0.5) is 0 Å². The number of ketones is 1. The summed E-state index contributed by atoms with van der Waals surface area (Å²) >= 11 is 0. The van der Waals surface area contributed by atoms with E-state index >= 15 is 0 Å². The zero-order valence-electron chi connectivity index (χ0n) is 11.7. The summed E-state index contributed by atoms with van der Waals surface area (Å²) in [4.78, 5) is 24.5. The van der Waals surface area contributed by atoms with E-state index in [-0.39, 0.29) is 22.5 Å². The molecule has 0 aliphatic heterocycles. The lowest BCUT2D eigenvalue weighted by molar-refractivity contribution is 0.103. The topological polar surface area (TPSA) is 76.7 Å². The van der Waals surface area contributed by atoms with Gasteiger partial charge in [-0.1, -0.05) is 24.3 Å². The summed E-state index contributed by atoms with van der Waals surface area (Å²) < 4.78 is 10.3. The van der Waals surface area contributed by atoms with Crippen molar-refractivity contribution in [3.63, 3.8) is 0 Å². The number of phenolic OH excluding ortho intramolecular Hbond substituents is 1. The van der Waals surface area contributed by atoms with Gasteiger partial charge >= 0.3 is 5.63 Å². The normalized spacial score (nSPS) is 10.6. The van der Waals surface area contributed by atoms with Crippen molar-refractivity contribution in [2.45, 2.75) is 0 Å². The van der Waals surface area contributed by atoms with E-state index in [4.69, 9.17) is 9.15 Å². The summed E-state index contributed by atoms with van der Waals surface area (Å²) in [5, 5.41) is 10.3. The van der Waals surface area contributed by atoms with Crippen molar-refractivity contribution in [2.75, 3.05) is 7.11 Å². The second kappa shape index (κ2) is 5.37. The third kappa shape index (κ3) is 2.22. The maximum atomic E-state index is 12.4. The number of benzene rings is 2. The third-order valence-electron chi connectivity index (χ3n) is 3.34. The molecule has 0 aliphatic rings. The fraction of sp³-hybridized carbons (Fsp3) is 0.0588. The number of carbonyl (C=O) groups is 1. The summed E-state index contributed by atoms with van der Waals surface area (Å²) in [7, 11) is 1.47. The summed E-state index contributed by atoms with van der Waals surface area (Å²) in [5.41, 5.74) is -0.576. The average molecular weight is 296 g/mol. The van der Waals surface area contributed by atoms with Crippen molar-refractivity contribution in [2.24, 2.45) is 0 Å². The first-order chi connectivity index (χ1) is 10.6. The fourth-order valence-electron chi connectivity index (χ4n) is 2.25. The number of rotatable bonds is 3. The molecule has 1 aromatic heterocycles. The molecule has 1 N–H and O–H groups in total. The summed E-state index contributed by atoms with van der Waals surface area (Å²) in [6, 6.07) is 12.6. The molecular formula is C17H12O5. The van der Waals surface area contributed by atoms with Gasteiger partial charge in [-0.3, -0.25) is 4.79 Å². The van der Waals surface area contributed by atoms with Crippen LogP contribution in [0.5, 0.6) is 11.5 Å². The van der Waals surface area contributed by atoms with E-state index in [0.29, 0.717) is 11.1 Å². The van der Waals surface area contributed by atoms with E-state index in [1.54, 1.807) is 30.3 Å². The maximum Gasteiger partial charge on any atom is 0.347 e. The van der Waals surface area contributed by atoms with Crippen LogP contribution < -0.4 is 10.4 Å². The molecule has 22 heavy (non-hydrogen) atoms. The quantitative estimate of drug-likeness (QED) is 0.594. The smallest absolute Gasteiger partial charge is 0.347 e. The number of phenols is 1. The molecule has 0 amide bonds. The molecule has 3 aromatic rings. The molecule has 0 unspecified atom stereocenters. The van der Waals surface area contributed by atoms with Crippen LogP contribution in [0.1, 0.15) is 15.9 Å². The van der Waals surface area contributed by atoms with E-state index in [1.165, 1.54) is 25.3 Å². The van der Waals surface area contributed by atoms with E-state index in [2.05, 4.69) is 0 Å². The number of aromatic hydroxyl groups is 1.